The van der Waals surface area contributed by atoms with Gasteiger partial charge in [0.2, 0.25) is 5.91 Å². The summed E-state index contributed by atoms with van der Waals surface area (Å²) in [5.41, 5.74) is 2.98. The van der Waals surface area contributed by atoms with E-state index < -0.39 is 0 Å². The van der Waals surface area contributed by atoms with Crippen molar-refractivity contribution in [3.05, 3.63) is 28.3 Å². The average Bonchev–Trinajstić information content (AvgIpc) is 2.77. The minimum Gasteiger partial charge on any atom is -0.381 e. The first-order valence-corrected chi connectivity index (χ1v) is 7.78. The van der Waals surface area contributed by atoms with Crippen molar-refractivity contribution in [1.29, 1.82) is 0 Å². The van der Waals surface area contributed by atoms with Gasteiger partial charge in [0.1, 0.15) is 0 Å². The fourth-order valence-corrected chi connectivity index (χ4v) is 4.06. The van der Waals surface area contributed by atoms with Crippen molar-refractivity contribution >= 4 is 39.1 Å². The van der Waals surface area contributed by atoms with Crippen LogP contribution in [0.4, 0.5) is 5.69 Å². The summed E-state index contributed by atoms with van der Waals surface area (Å²) >= 11 is 10.1. The lowest BCUT2D eigenvalue weighted by atomic mass is 9.91. The summed E-state index contributed by atoms with van der Waals surface area (Å²) in [6.07, 6.45) is 2.54. The topological polar surface area (TPSA) is 38.3 Å². The van der Waals surface area contributed by atoms with E-state index in [1.54, 1.807) is 0 Å². The third-order valence-corrected chi connectivity index (χ3v) is 5.39. The molecule has 0 spiro atoms. The van der Waals surface area contributed by atoms with Crippen molar-refractivity contribution in [2.24, 2.45) is 5.92 Å². The van der Waals surface area contributed by atoms with E-state index in [1.165, 1.54) is 0 Å². The molecule has 1 fully saturated rings. The Labute approximate surface area is 125 Å². The number of anilines is 1. The Bertz CT molecular complexity index is 514. The van der Waals surface area contributed by atoms with Crippen LogP contribution >= 0.6 is 27.5 Å². The largest absolute Gasteiger partial charge is 0.381 e. The number of hydrogen-bond donors (Lipinski definition) is 1. The van der Waals surface area contributed by atoms with Crippen LogP contribution in [0.25, 0.3) is 0 Å². The fourth-order valence-electron chi connectivity index (χ4n) is 2.74. The molecular weight excluding hydrogens is 330 g/mol. The smallest absolute Gasteiger partial charge is 0.228 e. The van der Waals surface area contributed by atoms with Crippen LogP contribution in [-0.4, -0.2) is 19.1 Å². The van der Waals surface area contributed by atoms with Crippen molar-refractivity contribution in [3.8, 4) is 0 Å². The molecule has 1 saturated heterocycles. The first kappa shape index (κ1) is 13.4. The Morgan fingerprint density at radius 2 is 2.11 bits per heavy atom. The predicted octanol–water partition coefficient (Wildman–Crippen LogP) is 3.70. The Morgan fingerprint density at radius 1 is 1.37 bits per heavy atom. The minimum absolute atomic E-state index is 0.0420. The zero-order valence-corrected chi connectivity index (χ0v) is 12.8. The minimum atomic E-state index is 0.0420. The number of carbonyl (C=O) groups is 1. The molecule has 2 heterocycles. The van der Waals surface area contributed by atoms with Crippen molar-refractivity contribution < 1.29 is 9.53 Å². The number of amides is 1. The number of rotatable bonds is 2. The van der Waals surface area contributed by atoms with Gasteiger partial charge in [-0.3, -0.25) is 4.79 Å². The summed E-state index contributed by atoms with van der Waals surface area (Å²) in [6, 6.07) is 3.93. The maximum Gasteiger partial charge on any atom is 0.228 e. The molecule has 1 N–H and O–H groups in total. The molecule has 1 unspecified atom stereocenters. The maximum atomic E-state index is 11.4. The predicted molar refractivity (Wildman–Crippen MR) is 79.0 cm³/mol. The summed E-state index contributed by atoms with van der Waals surface area (Å²) in [4.78, 5) is 11.6. The van der Waals surface area contributed by atoms with Crippen LogP contribution in [-0.2, 0) is 16.0 Å². The van der Waals surface area contributed by atoms with Crippen LogP contribution in [0.5, 0.6) is 0 Å². The van der Waals surface area contributed by atoms with E-state index in [9.17, 15) is 4.79 Å². The SMILES string of the molecule is O=C1Cc2cc(C(Br)C3CCOCC3)c(Cl)cc2N1. The van der Waals surface area contributed by atoms with E-state index in [4.69, 9.17) is 16.3 Å². The molecule has 1 aromatic carbocycles. The zero-order chi connectivity index (χ0) is 13.4. The second-order valence-electron chi connectivity index (χ2n) is 5.11. The van der Waals surface area contributed by atoms with Gasteiger partial charge in [0, 0.05) is 28.8 Å². The number of fused-ring (bicyclic) bond motifs is 1. The van der Waals surface area contributed by atoms with E-state index in [0.717, 1.165) is 42.9 Å². The number of ether oxygens (including phenoxy) is 1. The third-order valence-electron chi connectivity index (χ3n) is 3.82. The Kier molecular flexibility index (Phi) is 3.83. The molecule has 2 aliphatic heterocycles. The maximum absolute atomic E-state index is 11.4. The molecule has 3 rings (SSSR count). The van der Waals surface area contributed by atoms with E-state index >= 15 is 0 Å². The summed E-state index contributed by atoms with van der Waals surface area (Å²) in [5.74, 6) is 0.578. The molecule has 3 nitrogen and oxygen atoms in total. The van der Waals surface area contributed by atoms with Crippen LogP contribution in [0.3, 0.4) is 0 Å². The van der Waals surface area contributed by atoms with Gasteiger partial charge in [-0.05, 0) is 36.0 Å². The molecule has 1 atom stereocenters. The second-order valence-corrected chi connectivity index (χ2v) is 6.50. The van der Waals surface area contributed by atoms with Crippen molar-refractivity contribution in [2.45, 2.75) is 24.1 Å². The molecule has 0 aromatic heterocycles. The summed E-state index contributed by atoms with van der Waals surface area (Å²) in [6.45, 7) is 1.63. The highest BCUT2D eigenvalue weighted by Crippen LogP contribution is 2.42. The molecule has 0 bridgehead atoms. The van der Waals surface area contributed by atoms with Crippen LogP contribution in [0.1, 0.15) is 28.8 Å². The molecule has 0 aliphatic carbocycles. The molecule has 2 aliphatic rings. The van der Waals surface area contributed by atoms with Crippen molar-refractivity contribution in [3.63, 3.8) is 0 Å². The van der Waals surface area contributed by atoms with E-state index in [-0.39, 0.29) is 10.7 Å². The Hall–Kier alpha value is -0.580. The standard InChI is InChI=1S/C14H15BrClNO2/c15-14(8-1-3-19-4-2-8)10-5-9-6-13(18)17-12(9)7-11(10)16/h5,7-8,14H,1-4,6H2,(H,17,18). The van der Waals surface area contributed by atoms with Crippen molar-refractivity contribution in [1.82, 2.24) is 0 Å². The third kappa shape index (κ3) is 2.67. The van der Waals surface area contributed by atoms with Gasteiger partial charge in [-0.2, -0.15) is 0 Å². The highest BCUT2D eigenvalue weighted by molar-refractivity contribution is 9.09. The average molecular weight is 345 g/mol. The van der Waals surface area contributed by atoms with Crippen LogP contribution < -0.4 is 5.32 Å². The van der Waals surface area contributed by atoms with E-state index in [1.807, 2.05) is 6.07 Å². The van der Waals surface area contributed by atoms with Gasteiger partial charge >= 0.3 is 0 Å². The quantitative estimate of drug-likeness (QED) is 0.831. The second kappa shape index (κ2) is 5.43. The molecule has 5 heteroatoms. The lowest BCUT2D eigenvalue weighted by Gasteiger charge is -2.27. The molecule has 102 valence electrons. The Morgan fingerprint density at radius 3 is 2.84 bits per heavy atom. The lowest BCUT2D eigenvalue weighted by Crippen LogP contribution is -2.19. The lowest BCUT2D eigenvalue weighted by molar-refractivity contribution is -0.115. The first-order chi connectivity index (χ1) is 9.15. The molecule has 0 radical (unpaired) electrons. The normalized spacial score (nSPS) is 21.1. The highest BCUT2D eigenvalue weighted by Gasteiger charge is 2.27. The zero-order valence-electron chi connectivity index (χ0n) is 10.4. The van der Waals surface area contributed by atoms with Gasteiger partial charge in [0.25, 0.3) is 0 Å². The number of halogens is 2. The number of carbonyl (C=O) groups excluding carboxylic acids is 1. The van der Waals surface area contributed by atoms with Crippen molar-refractivity contribution in [2.75, 3.05) is 18.5 Å². The van der Waals surface area contributed by atoms with Gasteiger partial charge in [-0.25, -0.2) is 0 Å². The summed E-state index contributed by atoms with van der Waals surface area (Å²) in [7, 11) is 0. The first-order valence-electron chi connectivity index (χ1n) is 6.49. The van der Waals surface area contributed by atoms with Gasteiger partial charge < -0.3 is 10.1 Å². The van der Waals surface area contributed by atoms with Crippen LogP contribution in [0, 0.1) is 5.92 Å². The van der Waals surface area contributed by atoms with E-state index in [0.29, 0.717) is 17.4 Å². The van der Waals surface area contributed by atoms with Crippen LogP contribution in [0.15, 0.2) is 12.1 Å². The molecule has 1 amide bonds. The van der Waals surface area contributed by atoms with E-state index in [2.05, 4.69) is 27.3 Å². The number of alkyl halides is 1. The molecule has 19 heavy (non-hydrogen) atoms. The van der Waals surface area contributed by atoms with Gasteiger partial charge in [-0.1, -0.05) is 33.6 Å². The van der Waals surface area contributed by atoms with Crippen LogP contribution in [0.2, 0.25) is 5.02 Å². The Balaban J connectivity index is 1.88. The number of nitrogens with one attached hydrogen (secondary N) is 1. The monoisotopic (exact) mass is 343 g/mol. The molecular formula is C14H15BrClNO2. The van der Waals surface area contributed by atoms with Gasteiger partial charge in [0.15, 0.2) is 0 Å². The highest BCUT2D eigenvalue weighted by atomic mass is 79.9. The van der Waals surface area contributed by atoms with Gasteiger partial charge in [0.05, 0.1) is 6.42 Å². The summed E-state index contributed by atoms with van der Waals surface area (Å²) < 4.78 is 5.40. The molecule has 1 aromatic rings. The summed E-state index contributed by atoms with van der Waals surface area (Å²) in [5, 5.41) is 3.54. The number of hydrogen-bond acceptors (Lipinski definition) is 2. The molecule has 0 saturated carbocycles. The number of benzene rings is 1. The van der Waals surface area contributed by atoms with Gasteiger partial charge in [-0.15, -0.1) is 0 Å². The fraction of sp³-hybridized carbons (Fsp3) is 0.500.